The molecule has 2 aromatic heterocycles. The largest absolute Gasteiger partial charge is 0.496 e. The number of nitrogens with one attached hydrogen (secondary N) is 2. The quantitative estimate of drug-likeness (QED) is 0.685. The van der Waals surface area contributed by atoms with E-state index in [4.69, 9.17) is 9.57 Å². The lowest BCUT2D eigenvalue weighted by Gasteiger charge is -2.19. The third-order valence-electron chi connectivity index (χ3n) is 4.71. The van der Waals surface area contributed by atoms with Gasteiger partial charge in [0.2, 0.25) is 0 Å². The van der Waals surface area contributed by atoms with Crippen LogP contribution < -0.4 is 15.5 Å². The second-order valence-corrected chi connectivity index (χ2v) is 7.46. The number of anilines is 1. The summed E-state index contributed by atoms with van der Waals surface area (Å²) in [7, 11) is 1.58. The Labute approximate surface area is 167 Å². The SMILES string of the molecule is COc1c(C)cc(F)cc1[C@@H](C)Nc1ccn2ncc(C3=NC(C)(C)ON3)c2n1. The van der Waals surface area contributed by atoms with Gasteiger partial charge in [-0.25, -0.2) is 29.2 Å². The van der Waals surface area contributed by atoms with Gasteiger partial charge in [-0.3, -0.25) is 0 Å². The Balaban J connectivity index is 1.67. The van der Waals surface area contributed by atoms with Crippen molar-refractivity contribution in [1.82, 2.24) is 20.1 Å². The zero-order chi connectivity index (χ0) is 20.8. The maximum absolute atomic E-state index is 14.0. The van der Waals surface area contributed by atoms with Crippen LogP contribution in [0.2, 0.25) is 0 Å². The third-order valence-corrected chi connectivity index (χ3v) is 4.71. The van der Waals surface area contributed by atoms with Gasteiger partial charge in [-0.1, -0.05) is 0 Å². The Hall–Kier alpha value is -3.20. The first kappa shape index (κ1) is 19.1. The Kier molecular flexibility index (Phi) is 4.62. The molecule has 0 amide bonds. The Morgan fingerprint density at radius 1 is 1.34 bits per heavy atom. The number of aromatic nitrogens is 3. The number of aliphatic imine (C=N–C) groups is 1. The highest BCUT2D eigenvalue weighted by Gasteiger charge is 2.28. The Morgan fingerprint density at radius 2 is 2.14 bits per heavy atom. The number of benzene rings is 1. The van der Waals surface area contributed by atoms with Gasteiger partial charge in [0.25, 0.3) is 0 Å². The monoisotopic (exact) mass is 398 g/mol. The molecule has 1 aliphatic rings. The van der Waals surface area contributed by atoms with Gasteiger partial charge in [0.15, 0.2) is 17.2 Å². The fourth-order valence-corrected chi connectivity index (χ4v) is 3.38. The number of methoxy groups -OCH3 is 1. The molecule has 9 heteroatoms. The van der Waals surface area contributed by atoms with E-state index < -0.39 is 5.72 Å². The van der Waals surface area contributed by atoms with Crippen molar-refractivity contribution in [2.24, 2.45) is 4.99 Å². The van der Waals surface area contributed by atoms with Crippen molar-refractivity contribution in [3.05, 3.63) is 53.1 Å². The minimum absolute atomic E-state index is 0.232. The zero-order valence-corrected chi connectivity index (χ0v) is 16.9. The summed E-state index contributed by atoms with van der Waals surface area (Å²) < 4.78 is 21.1. The summed E-state index contributed by atoms with van der Waals surface area (Å²) >= 11 is 0. The molecular formula is C20H23FN6O2. The van der Waals surface area contributed by atoms with Gasteiger partial charge in [-0.15, -0.1) is 0 Å². The number of halogens is 1. The molecule has 2 N–H and O–H groups in total. The molecule has 1 aliphatic heterocycles. The molecule has 152 valence electrons. The van der Waals surface area contributed by atoms with Gasteiger partial charge in [0.1, 0.15) is 17.4 Å². The van der Waals surface area contributed by atoms with E-state index in [0.29, 0.717) is 23.1 Å². The molecule has 0 spiro atoms. The standard InChI is InChI=1S/C20H23FN6O2/c1-11-8-13(21)9-14(17(11)28-5)12(2)23-16-6-7-27-19(24-16)15(10-22-27)18-25-20(3,4)29-26-18/h6-10,12H,1-5H3,(H,23,24)(H,25,26)/t12-/m1/s1. The lowest BCUT2D eigenvalue weighted by Crippen LogP contribution is -2.23. The number of aryl methyl sites for hydroxylation is 1. The number of hydrogen-bond acceptors (Lipinski definition) is 7. The second kappa shape index (κ2) is 7.00. The van der Waals surface area contributed by atoms with Crippen molar-refractivity contribution in [3.8, 4) is 5.75 Å². The Morgan fingerprint density at radius 3 is 2.83 bits per heavy atom. The van der Waals surface area contributed by atoms with E-state index in [1.807, 2.05) is 33.8 Å². The van der Waals surface area contributed by atoms with Crippen LogP contribution in [0.5, 0.6) is 5.75 Å². The molecule has 3 heterocycles. The van der Waals surface area contributed by atoms with Crippen LogP contribution in [0.3, 0.4) is 0 Å². The minimum atomic E-state index is -0.653. The summed E-state index contributed by atoms with van der Waals surface area (Å²) in [6.07, 6.45) is 3.49. The van der Waals surface area contributed by atoms with E-state index in [2.05, 4.69) is 25.9 Å². The third kappa shape index (κ3) is 3.61. The van der Waals surface area contributed by atoms with Crippen molar-refractivity contribution in [2.75, 3.05) is 12.4 Å². The fraction of sp³-hybridized carbons (Fsp3) is 0.350. The van der Waals surface area contributed by atoms with Gasteiger partial charge >= 0.3 is 0 Å². The average molecular weight is 398 g/mol. The molecular weight excluding hydrogens is 375 g/mol. The minimum Gasteiger partial charge on any atom is -0.496 e. The topological polar surface area (TPSA) is 85.1 Å². The molecule has 3 aromatic rings. The number of fused-ring (bicyclic) bond motifs is 1. The number of nitrogens with zero attached hydrogens (tertiary/aromatic N) is 4. The van der Waals surface area contributed by atoms with Crippen molar-refractivity contribution >= 4 is 17.3 Å². The molecule has 0 fully saturated rings. The molecule has 0 unspecified atom stereocenters. The molecule has 0 bridgehead atoms. The first-order chi connectivity index (χ1) is 13.8. The molecule has 1 aromatic carbocycles. The maximum atomic E-state index is 14.0. The average Bonchev–Trinajstić information content (AvgIpc) is 3.23. The lowest BCUT2D eigenvalue weighted by atomic mass is 10.0. The van der Waals surface area contributed by atoms with Crippen LogP contribution >= 0.6 is 0 Å². The van der Waals surface area contributed by atoms with Gasteiger partial charge in [0.05, 0.1) is 24.9 Å². The predicted octanol–water partition coefficient (Wildman–Crippen LogP) is 3.38. The number of rotatable bonds is 5. The van der Waals surface area contributed by atoms with Gasteiger partial charge in [0, 0.05) is 11.8 Å². The molecule has 0 saturated heterocycles. The summed E-state index contributed by atoms with van der Waals surface area (Å²) in [4.78, 5) is 14.6. The van der Waals surface area contributed by atoms with E-state index in [1.54, 1.807) is 24.0 Å². The summed E-state index contributed by atoms with van der Waals surface area (Å²) in [6.45, 7) is 7.46. The fourth-order valence-electron chi connectivity index (χ4n) is 3.38. The summed E-state index contributed by atoms with van der Waals surface area (Å²) in [5, 5.41) is 7.63. The summed E-state index contributed by atoms with van der Waals surface area (Å²) in [5.41, 5.74) is 4.99. The van der Waals surface area contributed by atoms with E-state index >= 15 is 0 Å². The number of hydroxylamine groups is 1. The maximum Gasteiger partial charge on any atom is 0.182 e. The van der Waals surface area contributed by atoms with Crippen molar-refractivity contribution < 1.29 is 14.0 Å². The van der Waals surface area contributed by atoms with E-state index in [0.717, 1.165) is 16.7 Å². The van der Waals surface area contributed by atoms with E-state index in [1.165, 1.54) is 12.1 Å². The lowest BCUT2D eigenvalue weighted by molar-refractivity contribution is -0.0269. The van der Waals surface area contributed by atoms with Crippen LogP contribution in [0.25, 0.3) is 5.65 Å². The van der Waals surface area contributed by atoms with Crippen molar-refractivity contribution in [3.63, 3.8) is 0 Å². The van der Waals surface area contributed by atoms with Crippen LogP contribution in [-0.2, 0) is 4.84 Å². The molecule has 0 aliphatic carbocycles. The van der Waals surface area contributed by atoms with Gasteiger partial charge in [-0.2, -0.15) is 5.10 Å². The van der Waals surface area contributed by atoms with Gasteiger partial charge < -0.3 is 10.1 Å². The Bertz CT molecular complexity index is 1110. The number of amidine groups is 1. The normalized spacial score (nSPS) is 16.4. The number of hydrogen-bond donors (Lipinski definition) is 2. The summed E-state index contributed by atoms with van der Waals surface area (Å²) in [5.74, 6) is 1.54. The molecule has 0 radical (unpaired) electrons. The molecule has 0 saturated carbocycles. The van der Waals surface area contributed by atoms with Gasteiger partial charge in [-0.05, 0) is 51.5 Å². The summed E-state index contributed by atoms with van der Waals surface area (Å²) in [6, 6.07) is 4.51. The zero-order valence-electron chi connectivity index (χ0n) is 16.9. The number of ether oxygens (including phenoxy) is 1. The van der Waals surface area contributed by atoms with Crippen LogP contribution in [-0.4, -0.2) is 33.3 Å². The first-order valence-electron chi connectivity index (χ1n) is 9.26. The second-order valence-electron chi connectivity index (χ2n) is 7.46. The predicted molar refractivity (Wildman–Crippen MR) is 108 cm³/mol. The van der Waals surface area contributed by atoms with Crippen molar-refractivity contribution in [2.45, 2.75) is 39.5 Å². The van der Waals surface area contributed by atoms with E-state index in [9.17, 15) is 4.39 Å². The van der Waals surface area contributed by atoms with Crippen LogP contribution in [0, 0.1) is 12.7 Å². The van der Waals surface area contributed by atoms with Crippen LogP contribution in [0.4, 0.5) is 10.2 Å². The van der Waals surface area contributed by atoms with Crippen molar-refractivity contribution in [1.29, 1.82) is 0 Å². The first-order valence-corrected chi connectivity index (χ1v) is 9.26. The van der Waals surface area contributed by atoms with E-state index in [-0.39, 0.29) is 11.9 Å². The van der Waals surface area contributed by atoms with Crippen LogP contribution in [0.1, 0.15) is 43.5 Å². The highest BCUT2D eigenvalue weighted by molar-refractivity contribution is 6.03. The molecule has 8 nitrogen and oxygen atoms in total. The smallest absolute Gasteiger partial charge is 0.182 e. The molecule has 1 atom stereocenters. The highest BCUT2D eigenvalue weighted by Crippen LogP contribution is 2.31. The van der Waals surface area contributed by atoms with Crippen LogP contribution in [0.15, 0.2) is 35.6 Å². The highest BCUT2D eigenvalue weighted by atomic mass is 19.1. The molecule has 29 heavy (non-hydrogen) atoms. The molecule has 4 rings (SSSR count).